The van der Waals surface area contributed by atoms with Gasteiger partial charge in [0.05, 0.1) is 6.20 Å². The van der Waals surface area contributed by atoms with E-state index in [4.69, 9.17) is 0 Å². The predicted octanol–water partition coefficient (Wildman–Crippen LogP) is 2.02. The van der Waals surface area contributed by atoms with E-state index >= 15 is 0 Å². The Kier molecular flexibility index (Phi) is 2.33. The van der Waals surface area contributed by atoms with Crippen molar-refractivity contribution in [1.82, 2.24) is 20.4 Å². The molecule has 8 heteroatoms. The zero-order chi connectivity index (χ0) is 11.8. The molecule has 2 aromatic heterocycles. The molecule has 4 nitrogen and oxygen atoms in total. The lowest BCUT2D eigenvalue weighted by molar-refractivity contribution is -0.140. The zero-order valence-electron chi connectivity index (χ0n) is 7.59. The van der Waals surface area contributed by atoms with E-state index in [0.29, 0.717) is 0 Å². The lowest BCUT2D eigenvalue weighted by Gasteiger charge is -2.04. The number of hydrogen-bond donors (Lipinski definition) is 1. The molecule has 1 N–H and O–H groups in total. The second kappa shape index (κ2) is 3.54. The highest BCUT2D eigenvalue weighted by Crippen LogP contribution is 2.34. The summed E-state index contributed by atoms with van der Waals surface area (Å²) in [5, 5.41) is 8.07. The van der Waals surface area contributed by atoms with Crippen molar-refractivity contribution in [3.8, 4) is 11.3 Å². The van der Waals surface area contributed by atoms with Crippen molar-refractivity contribution < 1.29 is 17.6 Å². The SMILES string of the molecule is Fc1cnccc1-c1n[nH]nc1C(F)(F)F. The van der Waals surface area contributed by atoms with Gasteiger partial charge < -0.3 is 0 Å². The van der Waals surface area contributed by atoms with Gasteiger partial charge in [-0.3, -0.25) is 4.98 Å². The number of rotatable bonds is 1. The molecule has 0 fully saturated rings. The molecule has 2 aromatic rings. The van der Waals surface area contributed by atoms with E-state index in [0.717, 1.165) is 12.3 Å². The molecule has 0 aliphatic rings. The molecular formula is C8H4F4N4. The maximum Gasteiger partial charge on any atom is 0.437 e. The fraction of sp³-hybridized carbons (Fsp3) is 0.125. The normalized spacial score (nSPS) is 11.8. The summed E-state index contributed by atoms with van der Waals surface area (Å²) in [5.41, 5.74) is -2.12. The fourth-order valence-electron chi connectivity index (χ4n) is 1.18. The highest BCUT2D eigenvalue weighted by atomic mass is 19.4. The summed E-state index contributed by atoms with van der Waals surface area (Å²) in [7, 11) is 0. The molecule has 0 aliphatic heterocycles. The molecule has 0 aromatic carbocycles. The monoisotopic (exact) mass is 232 g/mol. The van der Waals surface area contributed by atoms with E-state index in [-0.39, 0.29) is 5.56 Å². The number of H-pyrrole nitrogens is 1. The molecule has 16 heavy (non-hydrogen) atoms. The van der Waals surface area contributed by atoms with E-state index in [1.54, 1.807) is 0 Å². The Morgan fingerprint density at radius 2 is 1.94 bits per heavy atom. The van der Waals surface area contributed by atoms with Crippen LogP contribution in [-0.2, 0) is 6.18 Å². The maximum atomic E-state index is 13.2. The Balaban J connectivity index is 2.58. The van der Waals surface area contributed by atoms with Crippen molar-refractivity contribution in [3.05, 3.63) is 30.0 Å². The van der Waals surface area contributed by atoms with Gasteiger partial charge in [-0.05, 0) is 6.07 Å². The molecule has 2 heterocycles. The van der Waals surface area contributed by atoms with Gasteiger partial charge in [0, 0.05) is 11.8 Å². The number of hydrogen-bond acceptors (Lipinski definition) is 3. The van der Waals surface area contributed by atoms with E-state index in [2.05, 4.69) is 15.2 Å². The van der Waals surface area contributed by atoms with Gasteiger partial charge in [0.2, 0.25) is 0 Å². The molecule has 2 rings (SSSR count). The molecule has 0 spiro atoms. The molecular weight excluding hydrogens is 228 g/mol. The smallest absolute Gasteiger partial charge is 0.262 e. The first-order valence-electron chi connectivity index (χ1n) is 4.08. The van der Waals surface area contributed by atoms with Gasteiger partial charge in [-0.2, -0.15) is 28.6 Å². The van der Waals surface area contributed by atoms with Gasteiger partial charge in [-0.25, -0.2) is 4.39 Å². The van der Waals surface area contributed by atoms with E-state index in [1.165, 1.54) is 6.20 Å². The fourth-order valence-corrected chi connectivity index (χ4v) is 1.18. The molecule has 0 bridgehead atoms. The number of pyridine rings is 1. The predicted molar refractivity (Wildman–Crippen MR) is 44.6 cm³/mol. The van der Waals surface area contributed by atoms with Crippen molar-refractivity contribution in [3.63, 3.8) is 0 Å². The van der Waals surface area contributed by atoms with Crippen LogP contribution in [0.5, 0.6) is 0 Å². The van der Waals surface area contributed by atoms with Crippen LogP contribution in [0.1, 0.15) is 5.69 Å². The van der Waals surface area contributed by atoms with Crippen molar-refractivity contribution in [2.75, 3.05) is 0 Å². The lowest BCUT2D eigenvalue weighted by Crippen LogP contribution is -2.07. The average Bonchev–Trinajstić information content (AvgIpc) is 2.66. The van der Waals surface area contributed by atoms with Crippen LogP contribution in [0.15, 0.2) is 18.5 Å². The first-order chi connectivity index (χ1) is 7.50. The quantitative estimate of drug-likeness (QED) is 0.765. The summed E-state index contributed by atoms with van der Waals surface area (Å²) in [6, 6.07) is 1.10. The third-order valence-electron chi connectivity index (χ3n) is 1.84. The highest BCUT2D eigenvalue weighted by Gasteiger charge is 2.38. The minimum Gasteiger partial charge on any atom is -0.262 e. The molecule has 0 atom stereocenters. The van der Waals surface area contributed by atoms with Crippen LogP contribution in [0.4, 0.5) is 17.6 Å². The maximum absolute atomic E-state index is 13.2. The van der Waals surface area contributed by atoms with Gasteiger partial charge in [0.1, 0.15) is 5.69 Å². The van der Waals surface area contributed by atoms with E-state index < -0.39 is 23.4 Å². The Hall–Kier alpha value is -1.99. The van der Waals surface area contributed by atoms with Gasteiger partial charge in [-0.15, -0.1) is 0 Å². The summed E-state index contributed by atoms with van der Waals surface area (Å²) >= 11 is 0. The van der Waals surface area contributed by atoms with Crippen LogP contribution in [0.25, 0.3) is 11.3 Å². The first kappa shape index (κ1) is 10.5. The number of halogens is 4. The van der Waals surface area contributed by atoms with Crippen LogP contribution in [-0.4, -0.2) is 20.4 Å². The van der Waals surface area contributed by atoms with Gasteiger partial charge in [0.15, 0.2) is 11.5 Å². The standard InChI is InChI=1S/C8H4F4N4/c9-5-3-13-2-1-4(5)6-7(8(10,11)12)15-16-14-6/h1-3H,(H,14,15,16). The first-order valence-corrected chi connectivity index (χ1v) is 4.08. The second-order valence-electron chi connectivity index (χ2n) is 2.87. The topological polar surface area (TPSA) is 54.5 Å². The summed E-state index contributed by atoms with van der Waals surface area (Å²) in [6.45, 7) is 0. The number of aromatic nitrogens is 4. The largest absolute Gasteiger partial charge is 0.437 e. The average molecular weight is 232 g/mol. The van der Waals surface area contributed by atoms with Gasteiger partial charge in [-0.1, -0.05) is 0 Å². The number of nitrogens with zero attached hydrogens (tertiary/aromatic N) is 3. The van der Waals surface area contributed by atoms with Crippen molar-refractivity contribution in [2.45, 2.75) is 6.18 Å². The van der Waals surface area contributed by atoms with Crippen LogP contribution >= 0.6 is 0 Å². The van der Waals surface area contributed by atoms with E-state index in [9.17, 15) is 17.6 Å². The Labute approximate surface area is 86.3 Å². The Morgan fingerprint density at radius 3 is 2.56 bits per heavy atom. The summed E-state index contributed by atoms with van der Waals surface area (Å²) in [6.07, 6.45) is -2.70. The van der Waals surface area contributed by atoms with Crippen molar-refractivity contribution in [1.29, 1.82) is 0 Å². The highest BCUT2D eigenvalue weighted by molar-refractivity contribution is 5.61. The van der Waals surface area contributed by atoms with Crippen LogP contribution in [0.2, 0.25) is 0 Å². The minimum atomic E-state index is -4.68. The Morgan fingerprint density at radius 1 is 1.19 bits per heavy atom. The lowest BCUT2D eigenvalue weighted by atomic mass is 10.1. The molecule has 0 saturated carbocycles. The number of aromatic amines is 1. The van der Waals surface area contributed by atoms with Gasteiger partial charge >= 0.3 is 6.18 Å². The molecule has 0 aliphatic carbocycles. The summed E-state index contributed by atoms with van der Waals surface area (Å²) in [5.74, 6) is -0.887. The molecule has 0 radical (unpaired) electrons. The number of alkyl halides is 3. The zero-order valence-corrected chi connectivity index (χ0v) is 7.59. The molecule has 84 valence electrons. The van der Waals surface area contributed by atoms with Crippen LogP contribution in [0, 0.1) is 5.82 Å². The van der Waals surface area contributed by atoms with Gasteiger partial charge in [0.25, 0.3) is 0 Å². The summed E-state index contributed by atoms with van der Waals surface area (Å²) < 4.78 is 50.5. The van der Waals surface area contributed by atoms with Crippen molar-refractivity contribution in [2.24, 2.45) is 0 Å². The molecule has 0 amide bonds. The third kappa shape index (κ3) is 1.73. The van der Waals surface area contributed by atoms with E-state index in [1.807, 2.05) is 5.21 Å². The molecule has 0 saturated heterocycles. The minimum absolute atomic E-state index is 0.295. The number of nitrogens with one attached hydrogen (secondary N) is 1. The Bertz CT molecular complexity index is 505. The summed E-state index contributed by atoms with van der Waals surface area (Å²) in [4.78, 5) is 3.43. The third-order valence-corrected chi connectivity index (χ3v) is 1.84. The second-order valence-corrected chi connectivity index (χ2v) is 2.87. The molecule has 0 unspecified atom stereocenters. The van der Waals surface area contributed by atoms with Crippen molar-refractivity contribution >= 4 is 0 Å². The van der Waals surface area contributed by atoms with Crippen LogP contribution in [0.3, 0.4) is 0 Å². The van der Waals surface area contributed by atoms with Crippen LogP contribution < -0.4 is 0 Å².